The lowest BCUT2D eigenvalue weighted by molar-refractivity contribution is -0.00178. The summed E-state index contributed by atoms with van der Waals surface area (Å²) in [6.45, 7) is 5.76. The Morgan fingerprint density at radius 2 is 2.29 bits per heavy atom. The van der Waals surface area contributed by atoms with Crippen LogP contribution in [0.2, 0.25) is 0 Å². The zero-order chi connectivity index (χ0) is 14.7. The number of aryl methyl sites for hydroxylation is 2. The standard InChI is InChI=1S/C15H21N5O/c1-3-20-7-6-16-15(20)14-12(5-4-8-21-14)19-13-9-11(2)17-10-18-13/h6-7,9-10,12,14H,3-5,8H2,1-2H3,(H,17,18,19)/t12-,14-/m0/s1. The molecule has 2 aromatic heterocycles. The average Bonchev–Trinajstić information content (AvgIpc) is 2.96. The van der Waals surface area contributed by atoms with Gasteiger partial charge in [-0.1, -0.05) is 0 Å². The van der Waals surface area contributed by atoms with E-state index in [2.05, 4.69) is 31.8 Å². The maximum atomic E-state index is 5.99. The highest BCUT2D eigenvalue weighted by molar-refractivity contribution is 5.36. The average molecular weight is 287 g/mol. The Kier molecular flexibility index (Phi) is 4.15. The van der Waals surface area contributed by atoms with E-state index in [1.54, 1.807) is 6.33 Å². The molecule has 3 heterocycles. The summed E-state index contributed by atoms with van der Waals surface area (Å²) in [5, 5.41) is 3.48. The topological polar surface area (TPSA) is 64.9 Å². The molecule has 21 heavy (non-hydrogen) atoms. The molecule has 2 aromatic rings. The van der Waals surface area contributed by atoms with Crippen LogP contribution in [0.1, 0.15) is 37.4 Å². The predicted octanol–water partition coefficient (Wildman–Crippen LogP) is 2.33. The number of rotatable bonds is 4. The molecule has 112 valence electrons. The van der Waals surface area contributed by atoms with Gasteiger partial charge >= 0.3 is 0 Å². The highest BCUT2D eigenvalue weighted by Crippen LogP contribution is 2.29. The van der Waals surface area contributed by atoms with E-state index in [1.165, 1.54) is 0 Å². The lowest BCUT2D eigenvalue weighted by Crippen LogP contribution is -2.35. The van der Waals surface area contributed by atoms with Crippen molar-refractivity contribution in [2.75, 3.05) is 11.9 Å². The van der Waals surface area contributed by atoms with E-state index in [-0.39, 0.29) is 12.1 Å². The van der Waals surface area contributed by atoms with Crippen LogP contribution < -0.4 is 5.32 Å². The van der Waals surface area contributed by atoms with Gasteiger partial charge in [0.2, 0.25) is 0 Å². The minimum absolute atomic E-state index is 0.0380. The zero-order valence-corrected chi connectivity index (χ0v) is 12.5. The Labute approximate surface area is 124 Å². The van der Waals surface area contributed by atoms with Crippen molar-refractivity contribution >= 4 is 5.82 Å². The van der Waals surface area contributed by atoms with Gasteiger partial charge in [0.15, 0.2) is 0 Å². The van der Waals surface area contributed by atoms with E-state index in [0.717, 1.165) is 43.3 Å². The van der Waals surface area contributed by atoms with Crippen molar-refractivity contribution in [3.63, 3.8) is 0 Å². The predicted molar refractivity (Wildman–Crippen MR) is 80.0 cm³/mol. The third-order valence-corrected chi connectivity index (χ3v) is 3.80. The number of imidazole rings is 1. The fourth-order valence-corrected chi connectivity index (χ4v) is 2.75. The maximum Gasteiger partial charge on any atom is 0.140 e. The van der Waals surface area contributed by atoms with Crippen molar-refractivity contribution in [2.24, 2.45) is 0 Å². The summed E-state index contributed by atoms with van der Waals surface area (Å²) >= 11 is 0. The van der Waals surface area contributed by atoms with Crippen LogP contribution in [0.3, 0.4) is 0 Å². The molecule has 1 aliphatic heterocycles. The zero-order valence-electron chi connectivity index (χ0n) is 12.5. The van der Waals surface area contributed by atoms with E-state index < -0.39 is 0 Å². The SMILES string of the molecule is CCn1ccnc1[C@H]1OCCC[C@@H]1Nc1cc(C)ncn1. The Balaban J connectivity index is 1.81. The monoisotopic (exact) mass is 287 g/mol. The van der Waals surface area contributed by atoms with Crippen LogP contribution in [0.4, 0.5) is 5.82 Å². The van der Waals surface area contributed by atoms with Crippen molar-refractivity contribution in [3.05, 3.63) is 36.3 Å². The summed E-state index contributed by atoms with van der Waals surface area (Å²) in [7, 11) is 0. The van der Waals surface area contributed by atoms with E-state index in [9.17, 15) is 0 Å². The van der Waals surface area contributed by atoms with Gasteiger partial charge in [0.1, 0.15) is 24.1 Å². The molecule has 0 aliphatic carbocycles. The highest BCUT2D eigenvalue weighted by atomic mass is 16.5. The van der Waals surface area contributed by atoms with Crippen molar-refractivity contribution in [1.82, 2.24) is 19.5 Å². The van der Waals surface area contributed by atoms with Crippen LogP contribution in [0.5, 0.6) is 0 Å². The van der Waals surface area contributed by atoms with Gasteiger partial charge in [-0.15, -0.1) is 0 Å². The molecule has 3 rings (SSSR count). The molecule has 0 saturated carbocycles. The molecule has 1 saturated heterocycles. The molecule has 0 aromatic carbocycles. The molecule has 2 atom stereocenters. The number of nitrogens with zero attached hydrogens (tertiary/aromatic N) is 4. The summed E-state index contributed by atoms with van der Waals surface area (Å²) < 4.78 is 8.13. The quantitative estimate of drug-likeness (QED) is 0.935. The van der Waals surface area contributed by atoms with Gasteiger partial charge in [-0.25, -0.2) is 15.0 Å². The first-order chi connectivity index (χ1) is 10.3. The lowest BCUT2D eigenvalue weighted by atomic mass is 10.0. The van der Waals surface area contributed by atoms with Crippen LogP contribution in [-0.4, -0.2) is 32.2 Å². The maximum absolute atomic E-state index is 5.99. The number of hydrogen-bond donors (Lipinski definition) is 1. The van der Waals surface area contributed by atoms with Gasteiger partial charge in [0.05, 0.1) is 6.04 Å². The normalized spacial score (nSPS) is 22.2. The molecule has 1 aliphatic rings. The van der Waals surface area contributed by atoms with E-state index >= 15 is 0 Å². The molecule has 6 nitrogen and oxygen atoms in total. The second kappa shape index (κ2) is 6.22. The third kappa shape index (κ3) is 3.05. The Hall–Kier alpha value is -1.95. The van der Waals surface area contributed by atoms with Gasteiger partial charge in [-0.3, -0.25) is 0 Å². The Bertz CT molecular complexity index is 597. The second-order valence-corrected chi connectivity index (χ2v) is 5.30. The molecular formula is C15H21N5O. The van der Waals surface area contributed by atoms with Crippen LogP contribution in [0, 0.1) is 6.92 Å². The number of hydrogen-bond acceptors (Lipinski definition) is 5. The molecule has 6 heteroatoms. The minimum atomic E-state index is -0.0380. The molecular weight excluding hydrogens is 266 g/mol. The molecule has 0 amide bonds. The minimum Gasteiger partial charge on any atom is -0.368 e. The molecule has 1 fully saturated rings. The first-order valence-corrected chi connectivity index (χ1v) is 7.45. The molecule has 1 N–H and O–H groups in total. The highest BCUT2D eigenvalue weighted by Gasteiger charge is 2.30. The smallest absolute Gasteiger partial charge is 0.140 e. The van der Waals surface area contributed by atoms with Crippen LogP contribution in [0.25, 0.3) is 0 Å². The summed E-state index contributed by atoms with van der Waals surface area (Å²) in [5.74, 6) is 1.83. The third-order valence-electron chi connectivity index (χ3n) is 3.80. The fraction of sp³-hybridized carbons (Fsp3) is 0.533. The first kappa shape index (κ1) is 14.0. The van der Waals surface area contributed by atoms with Crippen LogP contribution >= 0.6 is 0 Å². The van der Waals surface area contributed by atoms with Gasteiger partial charge in [-0.05, 0) is 26.7 Å². The largest absolute Gasteiger partial charge is 0.368 e. The Morgan fingerprint density at radius 3 is 3.10 bits per heavy atom. The van der Waals surface area contributed by atoms with Crippen molar-refractivity contribution < 1.29 is 4.74 Å². The summed E-state index contributed by atoms with van der Waals surface area (Å²) in [5.41, 5.74) is 0.954. The number of nitrogens with one attached hydrogen (secondary N) is 1. The van der Waals surface area contributed by atoms with E-state index in [4.69, 9.17) is 4.74 Å². The van der Waals surface area contributed by atoms with Gasteiger partial charge in [-0.2, -0.15) is 0 Å². The lowest BCUT2D eigenvalue weighted by Gasteiger charge is -2.32. The van der Waals surface area contributed by atoms with Crippen molar-refractivity contribution in [3.8, 4) is 0 Å². The first-order valence-electron chi connectivity index (χ1n) is 7.45. The fourth-order valence-electron chi connectivity index (χ4n) is 2.75. The van der Waals surface area contributed by atoms with Crippen LogP contribution in [0.15, 0.2) is 24.8 Å². The van der Waals surface area contributed by atoms with Gasteiger partial charge in [0.25, 0.3) is 0 Å². The number of anilines is 1. The molecule has 0 radical (unpaired) electrons. The van der Waals surface area contributed by atoms with Gasteiger partial charge in [0, 0.05) is 37.3 Å². The van der Waals surface area contributed by atoms with Gasteiger partial charge < -0.3 is 14.6 Å². The van der Waals surface area contributed by atoms with Crippen LogP contribution in [-0.2, 0) is 11.3 Å². The Morgan fingerprint density at radius 1 is 1.38 bits per heavy atom. The second-order valence-electron chi connectivity index (χ2n) is 5.30. The number of aromatic nitrogens is 4. The summed E-state index contributed by atoms with van der Waals surface area (Å²) in [4.78, 5) is 12.9. The van der Waals surface area contributed by atoms with Crippen molar-refractivity contribution in [2.45, 2.75) is 45.4 Å². The van der Waals surface area contributed by atoms with Crippen molar-refractivity contribution in [1.29, 1.82) is 0 Å². The molecule has 0 unspecified atom stereocenters. The summed E-state index contributed by atoms with van der Waals surface area (Å²) in [6, 6.07) is 2.14. The molecule has 0 bridgehead atoms. The number of ether oxygens (including phenoxy) is 1. The van der Waals surface area contributed by atoms with E-state index in [0.29, 0.717) is 0 Å². The molecule has 0 spiro atoms. The summed E-state index contributed by atoms with van der Waals surface area (Å²) in [6.07, 6.45) is 7.48. The van der Waals surface area contributed by atoms with E-state index in [1.807, 2.05) is 25.4 Å².